The van der Waals surface area contributed by atoms with Gasteiger partial charge < -0.3 is 10.2 Å². The van der Waals surface area contributed by atoms with Crippen LogP contribution in [-0.4, -0.2) is 0 Å². The number of rotatable bonds is 8. The van der Waals surface area contributed by atoms with Gasteiger partial charge in [0.25, 0.3) is 0 Å². The summed E-state index contributed by atoms with van der Waals surface area (Å²) in [6, 6.07) is 60.4. The zero-order valence-electron chi connectivity index (χ0n) is 34.9. The minimum atomic E-state index is -0.0612. The van der Waals surface area contributed by atoms with Gasteiger partial charge in [0.05, 0.1) is 5.69 Å². The number of anilines is 5. The molecule has 0 radical (unpaired) electrons. The van der Waals surface area contributed by atoms with Crippen LogP contribution in [0.5, 0.6) is 0 Å². The Morgan fingerprint density at radius 1 is 0.474 bits per heavy atom. The van der Waals surface area contributed by atoms with E-state index in [1.807, 2.05) is 0 Å². The number of hydrogen-bond donors (Lipinski definition) is 1. The summed E-state index contributed by atoms with van der Waals surface area (Å²) in [6.45, 7) is 18.9. The van der Waals surface area contributed by atoms with Crippen molar-refractivity contribution in [3.8, 4) is 33.4 Å². The Bertz CT molecular complexity index is 2440. The standard InChI is InChI=1S/C55H56N2/c1-38-32-45(56-44-26-24-40(25-27-44)39-18-12-9-13-19-39)36-47(33-38)57(46-28-29-50-51(37-46)55(7,8)31-30-54(50,5)6)52-48(41-20-14-10-15-21-41)34-43(53(2,3)4)35-49(52)42-22-16-11-17-23-42/h9-29,32-37,56H,30-31H2,1-8H3. The van der Waals surface area contributed by atoms with Crippen LogP contribution in [0, 0.1) is 6.92 Å². The van der Waals surface area contributed by atoms with Crippen LogP contribution in [0.15, 0.2) is 164 Å². The summed E-state index contributed by atoms with van der Waals surface area (Å²) in [5.74, 6) is 0. The van der Waals surface area contributed by atoms with Gasteiger partial charge >= 0.3 is 0 Å². The SMILES string of the molecule is Cc1cc(Nc2ccc(-c3ccccc3)cc2)cc(N(c2ccc3c(c2)C(C)(C)CCC3(C)C)c2c(-c3ccccc3)cc(C(C)(C)C)cc2-c2ccccc2)c1. The highest BCUT2D eigenvalue weighted by Crippen LogP contribution is 2.52. The van der Waals surface area contributed by atoms with Gasteiger partial charge in [0.1, 0.15) is 0 Å². The van der Waals surface area contributed by atoms with E-state index in [4.69, 9.17) is 0 Å². The molecule has 2 heteroatoms. The van der Waals surface area contributed by atoms with Crippen molar-refractivity contribution in [2.45, 2.75) is 84.5 Å². The second kappa shape index (κ2) is 14.9. The molecule has 8 rings (SSSR count). The maximum atomic E-state index is 3.79. The predicted molar refractivity (Wildman–Crippen MR) is 246 cm³/mol. The molecule has 1 aliphatic rings. The Balaban J connectivity index is 1.38. The lowest BCUT2D eigenvalue weighted by Crippen LogP contribution is -2.34. The first-order valence-corrected chi connectivity index (χ1v) is 20.6. The van der Waals surface area contributed by atoms with Gasteiger partial charge in [-0.2, -0.15) is 0 Å². The molecule has 0 atom stereocenters. The Labute approximate surface area is 341 Å². The molecule has 0 bridgehead atoms. The lowest BCUT2D eigenvalue weighted by Gasteiger charge is -2.42. The molecule has 0 aromatic heterocycles. The number of nitrogens with one attached hydrogen (secondary N) is 1. The maximum absolute atomic E-state index is 3.79. The summed E-state index contributed by atoms with van der Waals surface area (Å²) >= 11 is 0. The highest BCUT2D eigenvalue weighted by atomic mass is 15.1. The van der Waals surface area contributed by atoms with E-state index in [1.54, 1.807) is 0 Å². The van der Waals surface area contributed by atoms with E-state index in [2.05, 4.69) is 229 Å². The van der Waals surface area contributed by atoms with Gasteiger partial charge in [0.2, 0.25) is 0 Å². The van der Waals surface area contributed by atoms with Crippen molar-refractivity contribution in [1.82, 2.24) is 0 Å². The maximum Gasteiger partial charge on any atom is 0.0618 e. The number of fused-ring (bicyclic) bond motifs is 1. The molecule has 7 aromatic carbocycles. The number of aryl methyl sites for hydroxylation is 1. The fourth-order valence-corrected chi connectivity index (χ4v) is 8.61. The molecule has 0 saturated heterocycles. The van der Waals surface area contributed by atoms with Crippen LogP contribution in [0.1, 0.15) is 83.6 Å². The normalized spacial score (nSPS) is 14.5. The summed E-state index contributed by atoms with van der Waals surface area (Å²) < 4.78 is 0. The van der Waals surface area contributed by atoms with E-state index in [0.29, 0.717) is 0 Å². The van der Waals surface area contributed by atoms with Gasteiger partial charge in [-0.05, 0) is 135 Å². The summed E-state index contributed by atoms with van der Waals surface area (Å²) in [4.78, 5) is 2.55. The molecule has 0 amide bonds. The zero-order chi connectivity index (χ0) is 40.0. The van der Waals surface area contributed by atoms with E-state index >= 15 is 0 Å². The molecule has 0 unspecified atom stereocenters. The summed E-state index contributed by atoms with van der Waals surface area (Å²) in [5.41, 5.74) is 18.3. The first-order chi connectivity index (χ1) is 27.3. The lowest BCUT2D eigenvalue weighted by atomic mass is 9.63. The summed E-state index contributed by atoms with van der Waals surface area (Å²) in [5, 5.41) is 3.79. The van der Waals surface area contributed by atoms with Crippen LogP contribution in [0.4, 0.5) is 28.4 Å². The van der Waals surface area contributed by atoms with Crippen molar-refractivity contribution in [2.75, 3.05) is 10.2 Å². The summed E-state index contributed by atoms with van der Waals surface area (Å²) in [7, 11) is 0. The largest absolute Gasteiger partial charge is 0.355 e. The molecule has 0 spiro atoms. The minimum absolute atomic E-state index is 0.0539. The van der Waals surface area contributed by atoms with Crippen LogP contribution in [0.3, 0.4) is 0 Å². The number of benzene rings is 7. The topological polar surface area (TPSA) is 15.3 Å². The average molecular weight is 745 g/mol. The highest BCUT2D eigenvalue weighted by Gasteiger charge is 2.38. The predicted octanol–water partition coefficient (Wildman–Crippen LogP) is 15.9. The van der Waals surface area contributed by atoms with Crippen LogP contribution >= 0.6 is 0 Å². The van der Waals surface area contributed by atoms with Crippen LogP contribution < -0.4 is 10.2 Å². The van der Waals surface area contributed by atoms with Gasteiger partial charge in [0.15, 0.2) is 0 Å². The first kappa shape index (κ1) is 38.0. The Morgan fingerprint density at radius 3 is 1.53 bits per heavy atom. The van der Waals surface area contributed by atoms with E-state index in [0.717, 1.165) is 23.5 Å². The Hall–Kier alpha value is -5.86. The first-order valence-electron chi connectivity index (χ1n) is 20.6. The number of nitrogens with zero attached hydrogens (tertiary/aromatic N) is 1. The lowest BCUT2D eigenvalue weighted by molar-refractivity contribution is 0.332. The van der Waals surface area contributed by atoms with Gasteiger partial charge in [-0.15, -0.1) is 0 Å². The smallest absolute Gasteiger partial charge is 0.0618 e. The average Bonchev–Trinajstić information content (AvgIpc) is 3.20. The molecular formula is C55H56N2. The molecule has 1 N–H and O–H groups in total. The molecule has 57 heavy (non-hydrogen) atoms. The monoisotopic (exact) mass is 744 g/mol. The molecule has 0 fully saturated rings. The molecule has 0 heterocycles. The van der Waals surface area contributed by atoms with Gasteiger partial charge in [-0.3, -0.25) is 0 Å². The van der Waals surface area contributed by atoms with Crippen molar-refractivity contribution in [1.29, 1.82) is 0 Å². The summed E-state index contributed by atoms with van der Waals surface area (Å²) in [6.07, 6.45) is 2.34. The van der Waals surface area contributed by atoms with Gasteiger partial charge in [-0.25, -0.2) is 0 Å². The second-order valence-corrected chi connectivity index (χ2v) is 18.4. The van der Waals surface area contributed by atoms with E-state index < -0.39 is 0 Å². The van der Waals surface area contributed by atoms with Crippen molar-refractivity contribution in [3.05, 3.63) is 186 Å². The zero-order valence-corrected chi connectivity index (χ0v) is 34.9. The van der Waals surface area contributed by atoms with Crippen LogP contribution in [0.25, 0.3) is 33.4 Å². The third-order valence-corrected chi connectivity index (χ3v) is 12.1. The van der Waals surface area contributed by atoms with Gasteiger partial charge in [-0.1, -0.05) is 158 Å². The molecule has 7 aromatic rings. The Morgan fingerprint density at radius 2 is 0.982 bits per heavy atom. The molecular weight excluding hydrogens is 689 g/mol. The van der Waals surface area contributed by atoms with Crippen molar-refractivity contribution < 1.29 is 0 Å². The molecule has 286 valence electrons. The van der Waals surface area contributed by atoms with Crippen molar-refractivity contribution in [3.63, 3.8) is 0 Å². The van der Waals surface area contributed by atoms with Crippen molar-refractivity contribution >= 4 is 28.4 Å². The van der Waals surface area contributed by atoms with E-state index in [1.165, 1.54) is 73.4 Å². The third-order valence-electron chi connectivity index (χ3n) is 12.1. The second-order valence-electron chi connectivity index (χ2n) is 18.4. The molecule has 1 aliphatic carbocycles. The van der Waals surface area contributed by atoms with Crippen molar-refractivity contribution in [2.24, 2.45) is 0 Å². The molecule has 0 saturated carbocycles. The van der Waals surface area contributed by atoms with Crippen LogP contribution in [-0.2, 0) is 16.2 Å². The fourth-order valence-electron chi connectivity index (χ4n) is 8.61. The number of hydrogen-bond acceptors (Lipinski definition) is 2. The van der Waals surface area contributed by atoms with Crippen LogP contribution in [0.2, 0.25) is 0 Å². The van der Waals surface area contributed by atoms with E-state index in [9.17, 15) is 0 Å². The molecule has 0 aliphatic heterocycles. The highest BCUT2D eigenvalue weighted by molar-refractivity contribution is 5.98. The van der Waals surface area contributed by atoms with Gasteiger partial charge in [0, 0.05) is 33.9 Å². The third kappa shape index (κ3) is 7.79. The molecule has 2 nitrogen and oxygen atoms in total. The fraction of sp³-hybridized carbons (Fsp3) is 0.236. The minimum Gasteiger partial charge on any atom is -0.355 e. The van der Waals surface area contributed by atoms with E-state index in [-0.39, 0.29) is 16.2 Å². The quantitative estimate of drug-likeness (QED) is 0.167. The Kier molecular flexibility index (Phi) is 9.94.